The molecule has 3 nitrogen and oxygen atoms in total. The second-order valence-electron chi connectivity index (χ2n) is 7.12. The number of sulfone groups is 1. The highest BCUT2D eigenvalue weighted by atomic mass is 32.2. The van der Waals surface area contributed by atoms with E-state index in [0.717, 1.165) is 18.1 Å². The molecule has 2 N–H and O–H groups in total. The maximum Gasteiger partial charge on any atom is 0.182 e. The van der Waals surface area contributed by atoms with Crippen LogP contribution in [0.3, 0.4) is 0 Å². The molecule has 3 aromatic rings. The molecule has 0 bridgehead atoms. The van der Waals surface area contributed by atoms with Crippen molar-refractivity contribution in [2.24, 2.45) is 5.73 Å². The lowest BCUT2D eigenvalue weighted by Gasteiger charge is -2.13. The first-order chi connectivity index (χ1) is 13.7. The molecule has 0 amide bonds. The highest BCUT2D eigenvalue weighted by molar-refractivity contribution is 7.90. The molecule has 152 valence electrons. The van der Waals surface area contributed by atoms with Crippen LogP contribution in [0.15, 0.2) is 65.6 Å². The van der Waals surface area contributed by atoms with E-state index in [0.29, 0.717) is 16.7 Å². The summed E-state index contributed by atoms with van der Waals surface area (Å²) in [5.74, 6) is -1.50. The predicted octanol–water partition coefficient (Wildman–Crippen LogP) is 5.32. The highest BCUT2D eigenvalue weighted by Gasteiger charge is 2.18. The summed E-state index contributed by atoms with van der Waals surface area (Å²) in [4.78, 5) is 0.159. The van der Waals surface area contributed by atoms with Crippen LogP contribution in [-0.2, 0) is 15.6 Å². The Morgan fingerprint density at radius 2 is 1.69 bits per heavy atom. The van der Waals surface area contributed by atoms with Crippen molar-refractivity contribution in [1.29, 1.82) is 0 Å². The van der Waals surface area contributed by atoms with Gasteiger partial charge in [-0.3, -0.25) is 0 Å². The molecule has 3 rings (SSSR count). The van der Waals surface area contributed by atoms with E-state index >= 15 is 0 Å². The number of halogens is 2. The van der Waals surface area contributed by atoms with Gasteiger partial charge in [0.1, 0.15) is 11.6 Å². The van der Waals surface area contributed by atoms with Crippen molar-refractivity contribution >= 4 is 9.84 Å². The number of nitrogens with two attached hydrogens (primary N) is 1. The third-order valence-electron chi connectivity index (χ3n) is 4.95. The third-order valence-corrected chi connectivity index (χ3v) is 6.64. The van der Waals surface area contributed by atoms with Gasteiger partial charge in [0.15, 0.2) is 9.84 Å². The molecule has 0 aromatic heterocycles. The number of rotatable bonds is 6. The van der Waals surface area contributed by atoms with E-state index in [4.69, 9.17) is 5.73 Å². The lowest BCUT2D eigenvalue weighted by Crippen LogP contribution is -2.10. The first kappa shape index (κ1) is 21.1. The summed E-state index contributed by atoms with van der Waals surface area (Å²) < 4.78 is 53.1. The summed E-state index contributed by atoms with van der Waals surface area (Å²) in [5, 5.41) is 0. The Hall–Kier alpha value is -2.57. The van der Waals surface area contributed by atoms with E-state index in [2.05, 4.69) is 0 Å². The van der Waals surface area contributed by atoms with Gasteiger partial charge >= 0.3 is 0 Å². The smallest absolute Gasteiger partial charge is 0.182 e. The van der Waals surface area contributed by atoms with Crippen LogP contribution in [0.1, 0.15) is 36.1 Å². The molecule has 0 saturated carbocycles. The largest absolute Gasteiger partial charge is 0.324 e. The van der Waals surface area contributed by atoms with Crippen LogP contribution in [-0.4, -0.2) is 8.42 Å². The molecule has 0 aliphatic carbocycles. The van der Waals surface area contributed by atoms with Crippen LogP contribution in [0.5, 0.6) is 0 Å². The van der Waals surface area contributed by atoms with Gasteiger partial charge in [0.25, 0.3) is 0 Å². The zero-order chi connectivity index (χ0) is 21.2. The molecule has 0 aliphatic rings. The first-order valence-electron chi connectivity index (χ1n) is 9.34. The molecule has 29 heavy (non-hydrogen) atoms. The lowest BCUT2D eigenvalue weighted by molar-refractivity contribution is 0.585. The highest BCUT2D eigenvalue weighted by Crippen LogP contribution is 2.29. The second-order valence-corrected chi connectivity index (χ2v) is 9.11. The minimum atomic E-state index is -3.60. The van der Waals surface area contributed by atoms with E-state index in [1.807, 2.05) is 19.1 Å². The molecule has 0 aliphatic heterocycles. The van der Waals surface area contributed by atoms with Crippen molar-refractivity contribution in [2.75, 3.05) is 0 Å². The van der Waals surface area contributed by atoms with Crippen LogP contribution >= 0.6 is 0 Å². The Morgan fingerprint density at radius 3 is 2.34 bits per heavy atom. The number of hydrogen-bond acceptors (Lipinski definition) is 3. The Bertz CT molecular complexity index is 1140. The summed E-state index contributed by atoms with van der Waals surface area (Å²) in [6.45, 7) is 3.68. The van der Waals surface area contributed by atoms with Gasteiger partial charge in [-0.25, -0.2) is 17.2 Å². The summed E-state index contributed by atoms with van der Waals surface area (Å²) in [5.41, 5.74) is 8.97. The average Bonchev–Trinajstić information content (AvgIpc) is 2.67. The van der Waals surface area contributed by atoms with Crippen molar-refractivity contribution in [1.82, 2.24) is 0 Å². The molecule has 3 aromatic carbocycles. The molecule has 1 atom stereocenters. The first-order valence-corrected chi connectivity index (χ1v) is 11.0. The monoisotopic (exact) mass is 415 g/mol. The fourth-order valence-electron chi connectivity index (χ4n) is 3.29. The average molecular weight is 416 g/mol. The van der Waals surface area contributed by atoms with Gasteiger partial charge in [-0.05, 0) is 59.9 Å². The van der Waals surface area contributed by atoms with E-state index < -0.39 is 21.5 Å². The van der Waals surface area contributed by atoms with Crippen LogP contribution < -0.4 is 5.73 Å². The molecule has 0 saturated heterocycles. The summed E-state index contributed by atoms with van der Waals surface area (Å²) in [6, 6.07) is 15.0. The number of benzene rings is 3. The zero-order valence-electron chi connectivity index (χ0n) is 16.3. The Kier molecular flexibility index (Phi) is 6.15. The Labute approximate surface area is 170 Å². The van der Waals surface area contributed by atoms with Gasteiger partial charge in [0, 0.05) is 17.7 Å². The molecule has 0 fully saturated rings. The summed E-state index contributed by atoms with van der Waals surface area (Å²) in [6.07, 6.45) is 0.761. The molecule has 0 radical (unpaired) electrons. The molecule has 0 spiro atoms. The van der Waals surface area contributed by atoms with Crippen LogP contribution in [0, 0.1) is 18.6 Å². The van der Waals surface area contributed by atoms with Gasteiger partial charge in [-0.2, -0.15) is 0 Å². The summed E-state index contributed by atoms with van der Waals surface area (Å²) in [7, 11) is -3.60. The lowest BCUT2D eigenvalue weighted by atomic mass is 10.0. The van der Waals surface area contributed by atoms with Crippen molar-refractivity contribution < 1.29 is 17.2 Å². The topological polar surface area (TPSA) is 60.2 Å². The maximum atomic E-state index is 14.1. The summed E-state index contributed by atoms with van der Waals surface area (Å²) >= 11 is 0. The standard InChI is InChI=1S/C23H23F2NO2S/c1-3-23(26)17-6-4-5-16(12-17)14-29(27,28)19-8-10-20(15(2)11-19)21-9-7-18(24)13-22(21)25/h4-13,23H,3,14,26H2,1-2H3/t23-/m1/s1. The third kappa shape index (κ3) is 4.71. The van der Waals surface area contributed by atoms with Crippen molar-refractivity contribution in [2.45, 2.75) is 37.0 Å². The van der Waals surface area contributed by atoms with Crippen LogP contribution in [0.25, 0.3) is 11.1 Å². The molecular weight excluding hydrogens is 392 g/mol. The van der Waals surface area contributed by atoms with Gasteiger partial charge in [-0.1, -0.05) is 37.3 Å². The second kappa shape index (κ2) is 8.43. The van der Waals surface area contributed by atoms with Crippen LogP contribution in [0.2, 0.25) is 0 Å². The van der Waals surface area contributed by atoms with Gasteiger partial charge in [-0.15, -0.1) is 0 Å². The van der Waals surface area contributed by atoms with E-state index in [1.54, 1.807) is 25.1 Å². The zero-order valence-corrected chi connectivity index (χ0v) is 17.1. The quantitative estimate of drug-likeness (QED) is 0.592. The predicted molar refractivity (Wildman–Crippen MR) is 111 cm³/mol. The van der Waals surface area contributed by atoms with E-state index in [9.17, 15) is 17.2 Å². The van der Waals surface area contributed by atoms with Gasteiger partial charge < -0.3 is 5.73 Å². The van der Waals surface area contributed by atoms with Crippen molar-refractivity contribution in [3.8, 4) is 11.1 Å². The fourth-order valence-corrected chi connectivity index (χ4v) is 4.71. The Balaban J connectivity index is 1.91. The van der Waals surface area contributed by atoms with Crippen molar-refractivity contribution in [3.63, 3.8) is 0 Å². The molecule has 6 heteroatoms. The van der Waals surface area contributed by atoms with Crippen molar-refractivity contribution in [3.05, 3.63) is 89.0 Å². The minimum absolute atomic E-state index is 0.134. The number of aryl methyl sites for hydroxylation is 1. The van der Waals surface area contributed by atoms with Crippen LogP contribution in [0.4, 0.5) is 8.78 Å². The minimum Gasteiger partial charge on any atom is -0.324 e. The molecule has 0 heterocycles. The molecular formula is C23H23F2NO2S. The molecule has 0 unspecified atom stereocenters. The SMILES string of the molecule is CC[C@@H](N)c1cccc(CS(=O)(=O)c2ccc(-c3ccc(F)cc3F)c(C)c2)c1. The fraction of sp³-hybridized carbons (Fsp3) is 0.217. The normalized spacial score (nSPS) is 12.7. The Morgan fingerprint density at radius 1 is 0.966 bits per heavy atom. The maximum absolute atomic E-state index is 14.1. The van der Waals surface area contributed by atoms with E-state index in [-0.39, 0.29) is 22.3 Å². The number of hydrogen-bond donors (Lipinski definition) is 1. The van der Waals surface area contributed by atoms with E-state index in [1.165, 1.54) is 24.3 Å². The van der Waals surface area contributed by atoms with Gasteiger partial charge in [0.2, 0.25) is 0 Å². The van der Waals surface area contributed by atoms with Gasteiger partial charge in [0.05, 0.1) is 10.6 Å².